The molecular formula is C17H23N3O2S. The molecule has 2 unspecified atom stereocenters. The Hall–Kier alpha value is -1.66. The number of thiophene rings is 1. The van der Waals surface area contributed by atoms with E-state index in [4.69, 9.17) is 0 Å². The van der Waals surface area contributed by atoms with E-state index in [9.17, 15) is 9.59 Å². The predicted octanol–water partition coefficient (Wildman–Crippen LogP) is 1.60. The van der Waals surface area contributed by atoms with Crippen molar-refractivity contribution in [1.82, 2.24) is 14.7 Å². The molecule has 0 aliphatic carbocycles. The van der Waals surface area contributed by atoms with Crippen LogP contribution in [0.3, 0.4) is 0 Å². The van der Waals surface area contributed by atoms with Gasteiger partial charge in [0.2, 0.25) is 5.91 Å². The molecule has 5 nitrogen and oxygen atoms in total. The molecule has 4 heterocycles. The second-order valence-corrected chi connectivity index (χ2v) is 7.86. The molecule has 3 saturated heterocycles. The van der Waals surface area contributed by atoms with Crippen LogP contribution in [0.25, 0.3) is 0 Å². The Balaban J connectivity index is 1.58. The van der Waals surface area contributed by atoms with E-state index in [2.05, 4.69) is 0 Å². The monoisotopic (exact) mass is 333 g/mol. The van der Waals surface area contributed by atoms with Crippen LogP contribution in [-0.2, 0) is 4.79 Å². The van der Waals surface area contributed by atoms with Gasteiger partial charge in [-0.1, -0.05) is 6.08 Å². The number of likely N-dealkylation sites (N-methyl/N-ethyl adjacent to an activating group) is 1. The summed E-state index contributed by atoms with van der Waals surface area (Å²) >= 11 is 1.54. The topological polar surface area (TPSA) is 43.9 Å². The van der Waals surface area contributed by atoms with Gasteiger partial charge < -0.3 is 14.7 Å². The maximum absolute atomic E-state index is 12.5. The van der Waals surface area contributed by atoms with E-state index >= 15 is 0 Å². The maximum atomic E-state index is 12.5. The number of fused-ring (bicyclic) bond motifs is 2. The Morgan fingerprint density at radius 2 is 2.00 bits per heavy atom. The van der Waals surface area contributed by atoms with Crippen LogP contribution < -0.4 is 0 Å². The van der Waals surface area contributed by atoms with Gasteiger partial charge in [0.25, 0.3) is 5.91 Å². The Morgan fingerprint density at radius 3 is 2.57 bits per heavy atom. The van der Waals surface area contributed by atoms with Crippen molar-refractivity contribution in [3.05, 3.63) is 34.0 Å². The molecule has 0 spiro atoms. The van der Waals surface area contributed by atoms with Crippen LogP contribution in [0.15, 0.2) is 24.3 Å². The van der Waals surface area contributed by atoms with Crippen LogP contribution in [0.4, 0.5) is 0 Å². The van der Waals surface area contributed by atoms with Crippen LogP contribution in [-0.4, -0.2) is 72.3 Å². The fraction of sp³-hybridized carbons (Fsp3) is 0.529. The van der Waals surface area contributed by atoms with E-state index in [0.29, 0.717) is 13.1 Å². The Bertz CT molecular complexity index is 626. The van der Waals surface area contributed by atoms with Crippen molar-refractivity contribution in [2.24, 2.45) is 0 Å². The molecule has 1 aromatic rings. The molecule has 0 N–H and O–H groups in total. The highest BCUT2D eigenvalue weighted by Crippen LogP contribution is 2.33. The molecule has 4 rings (SSSR count). The minimum Gasteiger partial charge on any atom is -0.334 e. The molecule has 6 heteroatoms. The number of aryl methyl sites for hydroxylation is 1. The van der Waals surface area contributed by atoms with E-state index in [1.54, 1.807) is 6.08 Å². The summed E-state index contributed by atoms with van der Waals surface area (Å²) in [7, 11) is 3.95. The number of piperazine rings is 1. The second kappa shape index (κ2) is 6.45. The molecule has 3 aliphatic rings. The minimum absolute atomic E-state index is 0.0761. The van der Waals surface area contributed by atoms with Crippen molar-refractivity contribution in [2.75, 3.05) is 33.7 Å². The SMILES string of the molecule is Cc1ccc(C(=O)N2CC3CC(C2)N3C(=O)/C=C/CN(C)C)s1. The Kier molecular flexibility index (Phi) is 4.55. The van der Waals surface area contributed by atoms with Gasteiger partial charge in [0, 0.05) is 30.6 Å². The molecule has 2 bridgehead atoms. The number of nitrogens with zero attached hydrogens (tertiary/aromatic N) is 3. The average molecular weight is 333 g/mol. The van der Waals surface area contributed by atoms with Gasteiger partial charge in [-0.05, 0) is 39.6 Å². The van der Waals surface area contributed by atoms with Crippen molar-refractivity contribution in [1.29, 1.82) is 0 Å². The van der Waals surface area contributed by atoms with Gasteiger partial charge in [-0.25, -0.2) is 0 Å². The molecule has 3 aliphatic heterocycles. The van der Waals surface area contributed by atoms with Crippen molar-refractivity contribution >= 4 is 23.2 Å². The van der Waals surface area contributed by atoms with E-state index in [0.717, 1.165) is 22.7 Å². The third-order valence-corrected chi connectivity index (χ3v) is 5.41. The molecule has 0 saturated carbocycles. The molecule has 0 aromatic carbocycles. The number of piperidine rings is 1. The lowest BCUT2D eigenvalue weighted by Gasteiger charge is -2.55. The minimum atomic E-state index is 0.0761. The van der Waals surface area contributed by atoms with Gasteiger partial charge in [-0.15, -0.1) is 11.3 Å². The Labute approximate surface area is 141 Å². The van der Waals surface area contributed by atoms with Crippen LogP contribution >= 0.6 is 11.3 Å². The quantitative estimate of drug-likeness (QED) is 0.786. The summed E-state index contributed by atoms with van der Waals surface area (Å²) in [4.78, 5) is 32.6. The lowest BCUT2D eigenvalue weighted by atomic mass is 9.87. The second-order valence-electron chi connectivity index (χ2n) is 6.57. The molecular weight excluding hydrogens is 310 g/mol. The van der Waals surface area contributed by atoms with Crippen molar-refractivity contribution in [3.8, 4) is 0 Å². The van der Waals surface area contributed by atoms with Crippen molar-refractivity contribution < 1.29 is 9.59 Å². The number of hydrogen-bond acceptors (Lipinski definition) is 4. The standard InChI is InChI=1S/C17H23N3O2S/c1-12-6-7-15(23-12)17(22)19-10-13-9-14(11-19)20(13)16(21)5-4-8-18(2)3/h4-7,13-14H,8-11H2,1-3H3/b5-4+. The van der Waals surface area contributed by atoms with Crippen molar-refractivity contribution in [2.45, 2.75) is 25.4 Å². The van der Waals surface area contributed by atoms with E-state index in [1.165, 1.54) is 11.3 Å². The summed E-state index contributed by atoms with van der Waals surface area (Å²) in [6.07, 6.45) is 4.58. The highest BCUT2D eigenvalue weighted by molar-refractivity contribution is 7.13. The number of hydrogen-bond donors (Lipinski definition) is 0. The van der Waals surface area contributed by atoms with Gasteiger partial charge >= 0.3 is 0 Å². The zero-order valence-electron chi connectivity index (χ0n) is 13.9. The number of carbonyl (C=O) groups is 2. The first-order valence-corrected chi connectivity index (χ1v) is 8.76. The molecule has 2 amide bonds. The molecule has 0 radical (unpaired) electrons. The maximum Gasteiger partial charge on any atom is 0.264 e. The zero-order chi connectivity index (χ0) is 16.6. The first-order valence-electron chi connectivity index (χ1n) is 7.95. The Morgan fingerprint density at radius 1 is 1.30 bits per heavy atom. The van der Waals surface area contributed by atoms with Crippen molar-refractivity contribution in [3.63, 3.8) is 0 Å². The number of carbonyl (C=O) groups excluding carboxylic acids is 2. The molecule has 23 heavy (non-hydrogen) atoms. The van der Waals surface area contributed by atoms with Gasteiger partial charge in [0.1, 0.15) is 0 Å². The van der Waals surface area contributed by atoms with Gasteiger partial charge in [-0.3, -0.25) is 9.59 Å². The van der Waals surface area contributed by atoms with E-state index in [-0.39, 0.29) is 23.9 Å². The largest absolute Gasteiger partial charge is 0.334 e. The lowest BCUT2D eigenvalue weighted by molar-refractivity contribution is -0.146. The summed E-state index contributed by atoms with van der Waals surface area (Å²) in [6.45, 7) is 4.08. The first kappa shape index (κ1) is 16.2. The molecule has 124 valence electrons. The smallest absolute Gasteiger partial charge is 0.264 e. The highest BCUT2D eigenvalue weighted by atomic mass is 32.1. The fourth-order valence-electron chi connectivity index (χ4n) is 3.29. The van der Waals surface area contributed by atoms with E-state index in [1.807, 2.05) is 53.9 Å². The summed E-state index contributed by atoms with van der Waals surface area (Å²) < 4.78 is 0. The molecule has 2 atom stereocenters. The summed E-state index contributed by atoms with van der Waals surface area (Å²) in [5.74, 6) is 0.181. The van der Waals surface area contributed by atoms with Crippen LogP contribution in [0.2, 0.25) is 0 Å². The van der Waals surface area contributed by atoms with Crippen LogP contribution in [0.1, 0.15) is 21.0 Å². The summed E-state index contributed by atoms with van der Waals surface area (Å²) in [5, 5.41) is 0. The van der Waals surface area contributed by atoms with Crippen LogP contribution in [0, 0.1) is 6.92 Å². The lowest BCUT2D eigenvalue weighted by Crippen LogP contribution is -2.70. The predicted molar refractivity (Wildman–Crippen MR) is 91.7 cm³/mol. The third kappa shape index (κ3) is 3.33. The zero-order valence-corrected chi connectivity index (χ0v) is 14.7. The summed E-state index contributed by atoms with van der Waals surface area (Å²) in [5.41, 5.74) is 0. The third-order valence-electron chi connectivity index (χ3n) is 4.42. The summed E-state index contributed by atoms with van der Waals surface area (Å²) in [6, 6.07) is 4.23. The first-order chi connectivity index (χ1) is 11.0. The van der Waals surface area contributed by atoms with Gasteiger partial charge in [0.15, 0.2) is 0 Å². The van der Waals surface area contributed by atoms with Gasteiger partial charge in [-0.2, -0.15) is 0 Å². The average Bonchev–Trinajstić information content (AvgIpc) is 2.92. The highest BCUT2D eigenvalue weighted by Gasteiger charge is 2.47. The fourth-order valence-corrected chi connectivity index (χ4v) is 4.13. The molecule has 3 fully saturated rings. The molecule has 1 aromatic heterocycles. The number of rotatable bonds is 4. The number of amides is 2. The van der Waals surface area contributed by atoms with Gasteiger partial charge in [0.05, 0.1) is 17.0 Å². The van der Waals surface area contributed by atoms with E-state index < -0.39 is 0 Å². The van der Waals surface area contributed by atoms with Crippen LogP contribution in [0.5, 0.6) is 0 Å². The normalized spacial score (nSPS) is 23.5.